The summed E-state index contributed by atoms with van der Waals surface area (Å²) in [5, 5.41) is 0.484. The van der Waals surface area contributed by atoms with Crippen LogP contribution in [0.3, 0.4) is 0 Å². The molecule has 6 nitrogen and oxygen atoms in total. The van der Waals surface area contributed by atoms with E-state index in [1.165, 1.54) is 17.7 Å². The topological polar surface area (TPSA) is 91.9 Å². The van der Waals surface area contributed by atoms with Gasteiger partial charge in [-0.3, -0.25) is 4.79 Å². The molecule has 0 aliphatic rings. The molecule has 2 N–H and O–H groups in total. The lowest BCUT2D eigenvalue weighted by Crippen LogP contribution is -2.20. The molecule has 0 atom stereocenters. The van der Waals surface area contributed by atoms with Gasteiger partial charge in [-0.1, -0.05) is 0 Å². The Labute approximate surface area is 95.4 Å². The number of H-pyrrole nitrogens is 1. The zero-order valence-corrected chi connectivity index (χ0v) is 9.98. The van der Waals surface area contributed by atoms with Crippen LogP contribution in [-0.4, -0.2) is 24.6 Å². The first-order chi connectivity index (χ1) is 7.46. The van der Waals surface area contributed by atoms with Crippen molar-refractivity contribution in [3.8, 4) is 0 Å². The van der Waals surface area contributed by atoms with Gasteiger partial charge in [-0.05, 0) is 6.07 Å². The molecule has 2 heterocycles. The van der Waals surface area contributed by atoms with Crippen LogP contribution in [-0.2, 0) is 16.6 Å². The van der Waals surface area contributed by atoms with Crippen LogP contribution in [0.25, 0.3) is 10.2 Å². The van der Waals surface area contributed by atoms with Crippen molar-refractivity contribution in [2.75, 3.05) is 6.26 Å². The number of nitrogens with one attached hydrogen (secondary N) is 2. The molecule has 2 aromatic rings. The third-order valence-corrected chi connectivity index (χ3v) is 3.61. The summed E-state index contributed by atoms with van der Waals surface area (Å²) < 4.78 is 24.2. The molecular formula is C8H9N3O3S2. The molecule has 8 heteroatoms. The van der Waals surface area contributed by atoms with Crippen LogP contribution in [0.15, 0.2) is 17.2 Å². The molecule has 2 aromatic heterocycles. The minimum atomic E-state index is -3.22. The summed E-state index contributed by atoms with van der Waals surface area (Å²) in [5.74, 6) is 0. The highest BCUT2D eigenvalue weighted by atomic mass is 32.2. The van der Waals surface area contributed by atoms with Gasteiger partial charge in [0.25, 0.3) is 5.56 Å². The monoisotopic (exact) mass is 259 g/mol. The van der Waals surface area contributed by atoms with Gasteiger partial charge in [-0.25, -0.2) is 18.1 Å². The van der Waals surface area contributed by atoms with Crippen LogP contribution in [0.4, 0.5) is 0 Å². The number of hydrogen-bond donors (Lipinski definition) is 2. The number of rotatable bonds is 3. The molecule has 0 amide bonds. The van der Waals surface area contributed by atoms with Crippen molar-refractivity contribution in [1.29, 1.82) is 0 Å². The average molecular weight is 259 g/mol. The lowest BCUT2D eigenvalue weighted by molar-refractivity contribution is 0.588. The molecule has 0 unspecified atom stereocenters. The smallest absolute Gasteiger partial charge is 0.259 e. The number of nitrogens with zero attached hydrogens (tertiary/aromatic N) is 1. The Morgan fingerprint density at radius 2 is 2.31 bits per heavy atom. The first-order valence-corrected chi connectivity index (χ1v) is 7.07. The predicted molar refractivity (Wildman–Crippen MR) is 61.9 cm³/mol. The molecular weight excluding hydrogens is 250 g/mol. The Kier molecular flexibility index (Phi) is 2.78. The summed E-state index contributed by atoms with van der Waals surface area (Å²) in [6, 6.07) is 1.64. The van der Waals surface area contributed by atoms with Crippen LogP contribution in [0.2, 0.25) is 0 Å². The van der Waals surface area contributed by atoms with E-state index in [4.69, 9.17) is 0 Å². The van der Waals surface area contributed by atoms with E-state index in [0.29, 0.717) is 10.2 Å². The fourth-order valence-electron chi connectivity index (χ4n) is 1.21. The van der Waals surface area contributed by atoms with E-state index in [1.54, 1.807) is 6.07 Å². The van der Waals surface area contributed by atoms with E-state index in [2.05, 4.69) is 14.7 Å². The van der Waals surface area contributed by atoms with E-state index in [0.717, 1.165) is 11.1 Å². The van der Waals surface area contributed by atoms with E-state index >= 15 is 0 Å². The SMILES string of the molecule is CS(=O)(=O)NCc1cc2c(=O)[nH]cnc2s1. The van der Waals surface area contributed by atoms with Gasteiger partial charge < -0.3 is 4.98 Å². The molecule has 16 heavy (non-hydrogen) atoms. The van der Waals surface area contributed by atoms with Crippen molar-refractivity contribution >= 4 is 31.6 Å². The summed E-state index contributed by atoms with van der Waals surface area (Å²) in [6.45, 7) is 0.180. The highest BCUT2D eigenvalue weighted by molar-refractivity contribution is 7.88. The number of hydrogen-bond acceptors (Lipinski definition) is 5. The van der Waals surface area contributed by atoms with Gasteiger partial charge in [0.1, 0.15) is 4.83 Å². The standard InChI is InChI=1S/C8H9N3O3S2/c1-16(13,14)11-3-5-2-6-7(12)9-4-10-8(6)15-5/h2,4,11H,3H2,1H3,(H,9,10,12). The number of aromatic amines is 1. The van der Waals surface area contributed by atoms with E-state index in [9.17, 15) is 13.2 Å². The van der Waals surface area contributed by atoms with E-state index < -0.39 is 10.0 Å². The zero-order chi connectivity index (χ0) is 11.8. The lowest BCUT2D eigenvalue weighted by Gasteiger charge is -1.97. The zero-order valence-electron chi connectivity index (χ0n) is 8.35. The maximum Gasteiger partial charge on any atom is 0.259 e. The predicted octanol–water partition coefficient (Wildman–Crippen LogP) is 0.0338. The summed E-state index contributed by atoms with van der Waals surface area (Å²) in [7, 11) is -3.22. The maximum absolute atomic E-state index is 11.4. The normalized spacial score (nSPS) is 12.1. The molecule has 86 valence electrons. The summed E-state index contributed by atoms with van der Waals surface area (Å²) in [4.78, 5) is 19.2. The number of sulfonamides is 1. The van der Waals surface area contributed by atoms with Gasteiger partial charge in [0.05, 0.1) is 18.0 Å². The third-order valence-electron chi connectivity index (χ3n) is 1.89. The minimum Gasteiger partial charge on any atom is -0.313 e. The molecule has 0 saturated heterocycles. The second-order valence-corrected chi connectivity index (χ2v) is 6.20. The van der Waals surface area contributed by atoms with Crippen molar-refractivity contribution in [3.63, 3.8) is 0 Å². The summed E-state index contributed by atoms with van der Waals surface area (Å²) in [5.41, 5.74) is -0.216. The number of aromatic nitrogens is 2. The lowest BCUT2D eigenvalue weighted by atomic mass is 10.3. The van der Waals surface area contributed by atoms with Gasteiger partial charge in [0.15, 0.2) is 0 Å². The second-order valence-electron chi connectivity index (χ2n) is 3.26. The van der Waals surface area contributed by atoms with Crippen LogP contribution in [0.5, 0.6) is 0 Å². The second kappa shape index (κ2) is 3.96. The Hall–Kier alpha value is -1.25. The van der Waals surface area contributed by atoms with Gasteiger partial charge in [0.2, 0.25) is 10.0 Å². The van der Waals surface area contributed by atoms with Crippen molar-refractivity contribution in [2.45, 2.75) is 6.54 Å². The third kappa shape index (κ3) is 2.46. The van der Waals surface area contributed by atoms with Crippen molar-refractivity contribution in [2.24, 2.45) is 0 Å². The highest BCUT2D eigenvalue weighted by Gasteiger charge is 2.07. The van der Waals surface area contributed by atoms with Crippen LogP contribution in [0.1, 0.15) is 4.88 Å². The van der Waals surface area contributed by atoms with E-state index in [1.807, 2.05) is 0 Å². The molecule has 2 rings (SSSR count). The molecule has 0 aromatic carbocycles. The van der Waals surface area contributed by atoms with Gasteiger partial charge in [0, 0.05) is 11.4 Å². The van der Waals surface area contributed by atoms with Gasteiger partial charge in [-0.15, -0.1) is 11.3 Å². The molecule has 0 aliphatic heterocycles. The first-order valence-electron chi connectivity index (χ1n) is 4.36. The largest absolute Gasteiger partial charge is 0.313 e. The van der Waals surface area contributed by atoms with Gasteiger partial charge in [-0.2, -0.15) is 0 Å². The van der Waals surface area contributed by atoms with Crippen molar-refractivity contribution in [3.05, 3.63) is 27.6 Å². The molecule has 0 fully saturated rings. The van der Waals surface area contributed by atoms with Crippen LogP contribution < -0.4 is 10.3 Å². The fraction of sp³-hybridized carbons (Fsp3) is 0.250. The first kappa shape index (κ1) is 11.2. The quantitative estimate of drug-likeness (QED) is 0.813. The number of thiophene rings is 1. The highest BCUT2D eigenvalue weighted by Crippen LogP contribution is 2.20. The minimum absolute atomic E-state index is 0.180. The molecule has 0 aliphatic carbocycles. The molecule has 0 bridgehead atoms. The number of fused-ring (bicyclic) bond motifs is 1. The Morgan fingerprint density at radius 1 is 1.56 bits per heavy atom. The van der Waals surface area contributed by atoms with Crippen LogP contribution >= 0.6 is 11.3 Å². The van der Waals surface area contributed by atoms with Gasteiger partial charge >= 0.3 is 0 Å². The Balaban J connectivity index is 2.34. The van der Waals surface area contributed by atoms with Crippen molar-refractivity contribution in [1.82, 2.24) is 14.7 Å². The van der Waals surface area contributed by atoms with E-state index in [-0.39, 0.29) is 12.1 Å². The molecule has 0 saturated carbocycles. The summed E-state index contributed by atoms with van der Waals surface area (Å²) >= 11 is 1.29. The van der Waals surface area contributed by atoms with Crippen molar-refractivity contribution < 1.29 is 8.42 Å². The average Bonchev–Trinajstić information content (AvgIpc) is 2.58. The fourth-order valence-corrected chi connectivity index (χ4v) is 2.65. The van der Waals surface area contributed by atoms with Crippen LogP contribution in [0, 0.1) is 0 Å². The maximum atomic E-state index is 11.4. The molecule has 0 radical (unpaired) electrons. The Bertz CT molecular complexity index is 671. The summed E-state index contributed by atoms with van der Waals surface area (Å²) in [6.07, 6.45) is 2.42. The Morgan fingerprint density at radius 3 is 2.94 bits per heavy atom. The molecule has 0 spiro atoms.